The quantitative estimate of drug-likeness (QED) is 0.696. The normalized spacial score (nSPS) is 11.9. The van der Waals surface area contributed by atoms with Gasteiger partial charge in [-0.25, -0.2) is 18.1 Å². The summed E-state index contributed by atoms with van der Waals surface area (Å²) in [6.07, 6.45) is 6.25. The highest BCUT2D eigenvalue weighted by Crippen LogP contribution is 2.23. The second kappa shape index (κ2) is 6.74. The van der Waals surface area contributed by atoms with Crippen LogP contribution < -0.4 is 4.72 Å². The zero-order chi connectivity index (χ0) is 16.3. The third-order valence-electron chi connectivity index (χ3n) is 3.45. The molecule has 0 bridgehead atoms. The Morgan fingerprint density at radius 1 is 1.17 bits per heavy atom. The molecule has 2 heterocycles. The van der Waals surface area contributed by atoms with E-state index in [0.29, 0.717) is 17.9 Å². The smallest absolute Gasteiger partial charge is 0.241 e. The largest absolute Gasteiger partial charge is 0.307 e. The van der Waals surface area contributed by atoms with Gasteiger partial charge in [-0.05, 0) is 30.5 Å². The molecule has 2 aromatic heterocycles. The van der Waals surface area contributed by atoms with Crippen LogP contribution >= 0.6 is 11.8 Å². The molecular weight excluding hydrogens is 330 g/mol. The lowest BCUT2D eigenvalue weighted by Gasteiger charge is -2.09. The molecule has 0 saturated carbocycles. The molecule has 1 aromatic carbocycles. The number of sulfonamides is 1. The molecule has 5 nitrogen and oxygen atoms in total. The molecule has 0 aliphatic rings. The summed E-state index contributed by atoms with van der Waals surface area (Å²) in [5, 5.41) is 0. The summed E-state index contributed by atoms with van der Waals surface area (Å²) >= 11 is 1.42. The van der Waals surface area contributed by atoms with E-state index < -0.39 is 10.0 Å². The van der Waals surface area contributed by atoms with E-state index in [1.165, 1.54) is 11.8 Å². The number of fused-ring (bicyclic) bond motifs is 1. The minimum atomic E-state index is -3.51. The number of rotatable bonds is 6. The number of pyridine rings is 1. The van der Waals surface area contributed by atoms with Crippen molar-refractivity contribution >= 4 is 27.4 Å². The van der Waals surface area contributed by atoms with E-state index in [2.05, 4.69) is 9.71 Å². The number of aromatic nitrogens is 2. The van der Waals surface area contributed by atoms with Crippen molar-refractivity contribution in [1.82, 2.24) is 14.1 Å². The average molecular weight is 347 g/mol. The van der Waals surface area contributed by atoms with Crippen LogP contribution in [0.25, 0.3) is 5.65 Å². The molecule has 0 atom stereocenters. The molecule has 0 unspecified atom stereocenters. The Labute approximate surface area is 139 Å². The summed E-state index contributed by atoms with van der Waals surface area (Å²) in [5.41, 5.74) is 1.72. The van der Waals surface area contributed by atoms with Crippen LogP contribution in [0.2, 0.25) is 0 Å². The van der Waals surface area contributed by atoms with Gasteiger partial charge in [0.25, 0.3) is 0 Å². The SMILES string of the molecule is CSc1ccccc1S(=O)(=O)NCCc1cn2ccccc2n1. The van der Waals surface area contributed by atoms with Crippen LogP contribution in [0.1, 0.15) is 5.69 Å². The van der Waals surface area contributed by atoms with Crippen LogP contribution in [0.4, 0.5) is 0 Å². The molecule has 0 aliphatic heterocycles. The molecule has 0 fully saturated rings. The monoisotopic (exact) mass is 347 g/mol. The van der Waals surface area contributed by atoms with Crippen molar-refractivity contribution in [2.24, 2.45) is 0 Å². The van der Waals surface area contributed by atoms with Gasteiger partial charge in [-0.2, -0.15) is 0 Å². The van der Waals surface area contributed by atoms with Crippen molar-refractivity contribution in [3.63, 3.8) is 0 Å². The van der Waals surface area contributed by atoms with Crippen LogP contribution in [-0.2, 0) is 16.4 Å². The highest BCUT2D eigenvalue weighted by molar-refractivity contribution is 7.99. The Balaban J connectivity index is 1.69. The zero-order valence-corrected chi connectivity index (χ0v) is 14.3. The molecule has 0 spiro atoms. The van der Waals surface area contributed by atoms with Gasteiger partial charge >= 0.3 is 0 Å². The molecule has 1 N–H and O–H groups in total. The summed E-state index contributed by atoms with van der Waals surface area (Å²) in [7, 11) is -3.51. The number of nitrogens with zero attached hydrogens (tertiary/aromatic N) is 2. The van der Waals surface area contributed by atoms with Crippen LogP contribution in [0.5, 0.6) is 0 Å². The summed E-state index contributed by atoms with van der Waals surface area (Å²) in [4.78, 5) is 5.53. The molecule has 0 radical (unpaired) electrons. The van der Waals surface area contributed by atoms with Gasteiger partial charge in [-0.15, -0.1) is 11.8 Å². The first-order chi connectivity index (χ1) is 11.1. The van der Waals surface area contributed by atoms with E-state index in [-0.39, 0.29) is 0 Å². The first-order valence-corrected chi connectivity index (χ1v) is 9.86. The van der Waals surface area contributed by atoms with Crippen LogP contribution in [-0.4, -0.2) is 30.6 Å². The van der Waals surface area contributed by atoms with Gasteiger partial charge in [-0.1, -0.05) is 18.2 Å². The number of thioether (sulfide) groups is 1. The minimum Gasteiger partial charge on any atom is -0.307 e. The fourth-order valence-electron chi connectivity index (χ4n) is 2.34. The third kappa shape index (κ3) is 3.57. The van der Waals surface area contributed by atoms with Gasteiger partial charge in [0.1, 0.15) is 5.65 Å². The van der Waals surface area contributed by atoms with Crippen molar-refractivity contribution in [3.8, 4) is 0 Å². The summed E-state index contributed by atoms with van der Waals surface area (Å²) < 4.78 is 29.4. The maximum atomic E-state index is 12.4. The predicted octanol–water partition coefficient (Wildman–Crippen LogP) is 2.58. The second-order valence-corrected chi connectivity index (χ2v) is 7.58. The van der Waals surface area contributed by atoms with Crippen molar-refractivity contribution < 1.29 is 8.42 Å². The molecule has 120 valence electrons. The molecule has 7 heteroatoms. The number of hydrogen-bond acceptors (Lipinski definition) is 4. The Hall–Kier alpha value is -1.83. The molecule has 0 aliphatic carbocycles. The Morgan fingerprint density at radius 2 is 1.96 bits per heavy atom. The van der Waals surface area contributed by atoms with Crippen molar-refractivity contribution in [1.29, 1.82) is 0 Å². The maximum Gasteiger partial charge on any atom is 0.241 e. The van der Waals surface area contributed by atoms with Gasteiger partial charge in [0.05, 0.1) is 10.6 Å². The van der Waals surface area contributed by atoms with Crippen molar-refractivity contribution in [3.05, 3.63) is 60.6 Å². The molecule has 0 amide bonds. The number of imidazole rings is 1. The second-order valence-electron chi connectivity index (χ2n) is 5.00. The van der Waals surface area contributed by atoms with Crippen LogP contribution in [0.15, 0.2) is 64.6 Å². The maximum absolute atomic E-state index is 12.4. The molecule has 3 rings (SSSR count). The molecule has 3 aromatic rings. The third-order valence-corrected chi connectivity index (χ3v) is 5.89. The highest BCUT2D eigenvalue weighted by Gasteiger charge is 2.17. The predicted molar refractivity (Wildman–Crippen MR) is 92.3 cm³/mol. The van der Waals surface area contributed by atoms with E-state index >= 15 is 0 Å². The van der Waals surface area contributed by atoms with E-state index in [4.69, 9.17) is 0 Å². The van der Waals surface area contributed by atoms with Gasteiger partial charge in [-0.3, -0.25) is 0 Å². The van der Waals surface area contributed by atoms with E-state index in [9.17, 15) is 8.42 Å². The minimum absolute atomic E-state index is 0.314. The Morgan fingerprint density at radius 3 is 2.74 bits per heavy atom. The van der Waals surface area contributed by atoms with E-state index in [1.54, 1.807) is 18.2 Å². The van der Waals surface area contributed by atoms with Gasteiger partial charge in [0.2, 0.25) is 10.0 Å². The lowest BCUT2D eigenvalue weighted by atomic mass is 10.3. The lowest BCUT2D eigenvalue weighted by molar-refractivity contribution is 0.579. The summed E-state index contributed by atoms with van der Waals surface area (Å²) in [6.45, 7) is 0.314. The average Bonchev–Trinajstić information content (AvgIpc) is 2.97. The van der Waals surface area contributed by atoms with Crippen molar-refractivity contribution in [2.75, 3.05) is 12.8 Å². The highest BCUT2D eigenvalue weighted by atomic mass is 32.2. The van der Waals surface area contributed by atoms with E-state index in [1.807, 2.05) is 47.3 Å². The van der Waals surface area contributed by atoms with Crippen molar-refractivity contribution in [2.45, 2.75) is 16.2 Å². The van der Waals surface area contributed by atoms with Crippen LogP contribution in [0, 0.1) is 0 Å². The molecular formula is C16H17N3O2S2. The van der Waals surface area contributed by atoms with Gasteiger partial charge in [0, 0.05) is 30.3 Å². The fourth-order valence-corrected chi connectivity index (χ4v) is 4.52. The lowest BCUT2D eigenvalue weighted by Crippen LogP contribution is -2.26. The number of nitrogens with one attached hydrogen (secondary N) is 1. The first-order valence-electron chi connectivity index (χ1n) is 7.15. The van der Waals surface area contributed by atoms with Gasteiger partial charge in [0.15, 0.2) is 0 Å². The fraction of sp³-hybridized carbons (Fsp3) is 0.188. The Bertz CT molecular complexity index is 887. The van der Waals surface area contributed by atoms with Gasteiger partial charge < -0.3 is 4.40 Å². The molecule has 0 saturated heterocycles. The topological polar surface area (TPSA) is 63.5 Å². The first kappa shape index (κ1) is 16.0. The van der Waals surface area contributed by atoms with E-state index in [0.717, 1.165) is 16.2 Å². The Kier molecular flexibility index (Phi) is 4.70. The number of hydrogen-bond donors (Lipinski definition) is 1. The number of benzene rings is 1. The summed E-state index contributed by atoms with van der Waals surface area (Å²) in [5.74, 6) is 0. The zero-order valence-electron chi connectivity index (χ0n) is 12.6. The van der Waals surface area contributed by atoms with Crippen LogP contribution in [0.3, 0.4) is 0 Å². The standard InChI is InChI=1S/C16H17N3O2S2/c1-22-14-6-2-3-7-15(14)23(20,21)17-10-9-13-12-19-11-5-4-8-16(19)18-13/h2-8,11-12,17H,9-10H2,1H3. The molecule has 23 heavy (non-hydrogen) atoms. The summed E-state index contributed by atoms with van der Waals surface area (Å²) in [6, 6.07) is 12.8.